The number of benzene rings is 1. The lowest BCUT2D eigenvalue weighted by Crippen LogP contribution is -2.39. The molecule has 7 nitrogen and oxygen atoms in total. The monoisotopic (exact) mass is 399 g/mol. The van der Waals surface area contributed by atoms with Crippen LogP contribution in [0, 0.1) is 20.8 Å². The highest BCUT2D eigenvalue weighted by Crippen LogP contribution is 2.25. The van der Waals surface area contributed by atoms with Crippen LogP contribution in [-0.4, -0.2) is 27.9 Å². The summed E-state index contributed by atoms with van der Waals surface area (Å²) in [5.41, 5.74) is 2.08. The summed E-state index contributed by atoms with van der Waals surface area (Å²) >= 11 is 1.43. The molecule has 2 heterocycles. The number of H-pyrrole nitrogens is 1. The lowest BCUT2D eigenvalue weighted by Gasteiger charge is -2.13. The molecule has 0 fully saturated rings. The van der Waals surface area contributed by atoms with Crippen LogP contribution in [0.25, 0.3) is 10.2 Å². The number of aryl methyl sites for hydroxylation is 3. The minimum atomic E-state index is -0.838. The van der Waals surface area contributed by atoms with Gasteiger partial charge in [0, 0.05) is 10.4 Å². The van der Waals surface area contributed by atoms with Crippen LogP contribution >= 0.6 is 11.3 Å². The largest absolute Gasteiger partial charge is 0.456 e. The molecular weight excluding hydrogens is 378 g/mol. The Morgan fingerprint density at radius 3 is 2.75 bits per heavy atom. The van der Waals surface area contributed by atoms with Gasteiger partial charge >= 0.3 is 5.97 Å². The number of thiophene rings is 1. The van der Waals surface area contributed by atoms with E-state index in [1.165, 1.54) is 11.3 Å². The Bertz CT molecular complexity index is 1120. The lowest BCUT2D eigenvalue weighted by molar-refractivity contribution is -0.147. The lowest BCUT2D eigenvalue weighted by atomic mass is 10.1. The van der Waals surface area contributed by atoms with Crippen molar-refractivity contribution in [3.63, 3.8) is 0 Å². The summed E-state index contributed by atoms with van der Waals surface area (Å²) in [6.07, 6.45) is 0. The quantitative estimate of drug-likeness (QED) is 0.643. The standard InChI is InChI=1S/C20H21N3O4S/c1-10-6-5-7-14(8-10)17(24)21-12(3)20(26)27-9-15-22-18(25)16-11(2)13(4)28-19(16)23-15/h5-8,12H,9H2,1-4H3,(H,21,24)(H,22,23,25)/t12-/m0/s1. The average Bonchev–Trinajstić information content (AvgIpc) is 2.93. The first-order valence-electron chi connectivity index (χ1n) is 8.79. The van der Waals surface area contributed by atoms with Crippen molar-refractivity contribution in [1.82, 2.24) is 15.3 Å². The summed E-state index contributed by atoms with van der Waals surface area (Å²) in [6, 6.07) is 6.24. The highest BCUT2D eigenvalue weighted by Gasteiger charge is 2.19. The van der Waals surface area contributed by atoms with E-state index in [0.29, 0.717) is 15.8 Å². The van der Waals surface area contributed by atoms with E-state index in [-0.39, 0.29) is 23.9 Å². The molecule has 0 saturated carbocycles. The number of nitrogens with one attached hydrogen (secondary N) is 2. The molecule has 2 N–H and O–H groups in total. The number of carbonyl (C=O) groups is 2. The van der Waals surface area contributed by atoms with Crippen LogP contribution < -0.4 is 10.9 Å². The number of ether oxygens (including phenoxy) is 1. The second kappa shape index (κ2) is 7.93. The van der Waals surface area contributed by atoms with Crippen molar-refractivity contribution in [1.29, 1.82) is 0 Å². The molecule has 0 aliphatic carbocycles. The van der Waals surface area contributed by atoms with Crippen LogP contribution in [0.3, 0.4) is 0 Å². The molecule has 8 heteroatoms. The molecule has 3 aromatic rings. The van der Waals surface area contributed by atoms with Crippen molar-refractivity contribution in [3.8, 4) is 0 Å². The summed E-state index contributed by atoms with van der Waals surface area (Å²) < 4.78 is 5.21. The third kappa shape index (κ3) is 4.12. The number of hydrogen-bond acceptors (Lipinski definition) is 6. The van der Waals surface area contributed by atoms with E-state index in [2.05, 4.69) is 15.3 Å². The predicted octanol–water partition coefficient (Wildman–Crippen LogP) is 2.77. The van der Waals surface area contributed by atoms with Crippen LogP contribution in [-0.2, 0) is 16.1 Å². The van der Waals surface area contributed by atoms with Gasteiger partial charge in [-0.25, -0.2) is 9.78 Å². The molecular formula is C20H21N3O4S. The van der Waals surface area contributed by atoms with Crippen LogP contribution in [0.1, 0.15) is 39.1 Å². The van der Waals surface area contributed by atoms with E-state index < -0.39 is 12.0 Å². The zero-order valence-corrected chi connectivity index (χ0v) is 16.9. The van der Waals surface area contributed by atoms with Crippen molar-refractivity contribution in [2.75, 3.05) is 0 Å². The number of rotatable bonds is 5. The SMILES string of the molecule is Cc1cccc(C(=O)N[C@@H](C)C(=O)OCc2nc3sc(C)c(C)c3c(=O)[nH]2)c1. The van der Waals surface area contributed by atoms with Crippen molar-refractivity contribution in [2.45, 2.75) is 40.3 Å². The molecule has 0 aliphatic heterocycles. The Kier molecular flexibility index (Phi) is 5.60. The molecule has 0 bridgehead atoms. The van der Waals surface area contributed by atoms with E-state index >= 15 is 0 Å². The summed E-state index contributed by atoms with van der Waals surface area (Å²) in [5.74, 6) is -0.697. The predicted molar refractivity (Wildman–Crippen MR) is 108 cm³/mol. The number of aromatic nitrogens is 2. The molecule has 1 aromatic carbocycles. The summed E-state index contributed by atoms with van der Waals surface area (Å²) in [4.78, 5) is 45.3. The van der Waals surface area contributed by atoms with E-state index in [1.54, 1.807) is 25.1 Å². The number of aromatic amines is 1. The van der Waals surface area contributed by atoms with Gasteiger partial charge < -0.3 is 15.0 Å². The Hall–Kier alpha value is -3.00. The second-order valence-electron chi connectivity index (χ2n) is 6.65. The third-order valence-corrected chi connectivity index (χ3v) is 5.52. The van der Waals surface area contributed by atoms with Crippen molar-refractivity contribution in [3.05, 3.63) is 62.0 Å². The van der Waals surface area contributed by atoms with Gasteiger partial charge in [0.2, 0.25) is 0 Å². The fourth-order valence-corrected chi connectivity index (χ4v) is 3.81. The van der Waals surface area contributed by atoms with E-state index in [9.17, 15) is 14.4 Å². The average molecular weight is 399 g/mol. The smallest absolute Gasteiger partial charge is 0.328 e. The van der Waals surface area contributed by atoms with E-state index in [0.717, 1.165) is 16.0 Å². The van der Waals surface area contributed by atoms with Crippen LogP contribution in [0.2, 0.25) is 0 Å². The minimum absolute atomic E-state index is 0.176. The molecule has 0 aliphatic rings. The summed E-state index contributed by atoms with van der Waals surface area (Å²) in [6.45, 7) is 7.06. The maximum absolute atomic E-state index is 12.3. The topological polar surface area (TPSA) is 101 Å². The van der Waals surface area contributed by atoms with Gasteiger partial charge in [0.05, 0.1) is 5.39 Å². The highest BCUT2D eigenvalue weighted by atomic mass is 32.1. The molecule has 0 unspecified atom stereocenters. The molecule has 146 valence electrons. The first-order chi connectivity index (χ1) is 13.3. The molecule has 3 rings (SSSR count). The molecule has 1 amide bonds. The van der Waals surface area contributed by atoms with Crippen LogP contribution in [0.15, 0.2) is 29.1 Å². The number of nitrogens with zero attached hydrogens (tertiary/aromatic N) is 1. The maximum Gasteiger partial charge on any atom is 0.328 e. The minimum Gasteiger partial charge on any atom is -0.456 e. The normalized spacial score (nSPS) is 12.0. The fourth-order valence-electron chi connectivity index (χ4n) is 2.76. The second-order valence-corrected chi connectivity index (χ2v) is 7.85. The van der Waals surface area contributed by atoms with Crippen molar-refractivity contribution in [2.24, 2.45) is 0 Å². The Labute approximate surface area is 165 Å². The first-order valence-corrected chi connectivity index (χ1v) is 9.61. The van der Waals surface area contributed by atoms with Gasteiger partial charge in [-0.05, 0) is 45.4 Å². The molecule has 2 aromatic heterocycles. The summed E-state index contributed by atoms with van der Waals surface area (Å²) in [5, 5.41) is 3.17. The van der Waals surface area contributed by atoms with Crippen LogP contribution in [0.5, 0.6) is 0 Å². The Balaban J connectivity index is 1.64. The van der Waals surface area contributed by atoms with Gasteiger partial charge in [-0.15, -0.1) is 11.3 Å². The van der Waals surface area contributed by atoms with Gasteiger partial charge in [-0.1, -0.05) is 17.7 Å². The molecule has 28 heavy (non-hydrogen) atoms. The number of esters is 1. The van der Waals surface area contributed by atoms with Gasteiger partial charge in [0.1, 0.15) is 23.3 Å². The number of fused-ring (bicyclic) bond motifs is 1. The van der Waals surface area contributed by atoms with Gasteiger partial charge in [-0.3, -0.25) is 9.59 Å². The van der Waals surface area contributed by atoms with Crippen LogP contribution in [0.4, 0.5) is 0 Å². The number of carbonyl (C=O) groups excluding carboxylic acids is 2. The highest BCUT2D eigenvalue weighted by molar-refractivity contribution is 7.18. The number of amides is 1. The van der Waals surface area contributed by atoms with Crippen molar-refractivity contribution < 1.29 is 14.3 Å². The molecule has 0 radical (unpaired) electrons. The van der Waals surface area contributed by atoms with Gasteiger partial charge in [-0.2, -0.15) is 0 Å². The molecule has 0 spiro atoms. The van der Waals surface area contributed by atoms with E-state index in [1.807, 2.05) is 26.8 Å². The maximum atomic E-state index is 12.3. The Morgan fingerprint density at radius 2 is 2.04 bits per heavy atom. The Morgan fingerprint density at radius 1 is 1.29 bits per heavy atom. The molecule has 0 saturated heterocycles. The zero-order valence-electron chi connectivity index (χ0n) is 16.1. The fraction of sp³-hybridized carbons (Fsp3) is 0.300. The van der Waals surface area contributed by atoms with Gasteiger partial charge in [0.15, 0.2) is 0 Å². The third-order valence-electron chi connectivity index (χ3n) is 4.42. The van der Waals surface area contributed by atoms with Crippen molar-refractivity contribution >= 4 is 33.4 Å². The first kappa shape index (κ1) is 19.8. The number of hydrogen-bond donors (Lipinski definition) is 2. The zero-order chi connectivity index (χ0) is 20.4. The van der Waals surface area contributed by atoms with E-state index in [4.69, 9.17) is 4.74 Å². The molecule has 1 atom stereocenters. The van der Waals surface area contributed by atoms with Gasteiger partial charge in [0.25, 0.3) is 11.5 Å². The summed E-state index contributed by atoms with van der Waals surface area (Å²) in [7, 11) is 0.